The Balaban J connectivity index is 1.53. The summed E-state index contributed by atoms with van der Waals surface area (Å²) in [5.74, 6) is -3.23. The number of aromatic nitrogens is 1. The number of esters is 2. The average molecular weight is 543 g/mol. The number of hydrogen-bond donors (Lipinski definition) is 4. The highest BCUT2D eigenvalue weighted by Crippen LogP contribution is 2.66. The molecule has 3 aliphatic carbocycles. The van der Waals surface area contributed by atoms with Gasteiger partial charge in [0.25, 0.3) is 0 Å². The van der Waals surface area contributed by atoms with Gasteiger partial charge in [-0.05, 0) is 49.8 Å². The second kappa shape index (κ2) is 10.2. The Hall–Kier alpha value is -2.95. The molecule has 212 valence electrons. The molecule has 1 aromatic rings. The van der Waals surface area contributed by atoms with Crippen LogP contribution in [-0.2, 0) is 19.0 Å². The van der Waals surface area contributed by atoms with Crippen molar-refractivity contribution >= 4 is 17.7 Å². The maximum Gasteiger partial charge on any atom is 0.355 e. The standard InChI is InChI=1S/C29H38N2O8/c1-13-11-14(2)29(35)17(12-20(37-5)28(34)38-25(13)16(4)31-36)8-9-18-21-22(23(18)29)24(32)15(3)26(21)39-27(33)19-7-6-10-30-19/h6-11,13,15,17-18,20-26,30,32,35-36H,12H2,1-5H3/b14-11+,31-16-/t13-,15-,17?,18+,20+,21+,22?,23+,24-,25+,26-,29+/m1/s1. The monoisotopic (exact) mass is 542 g/mol. The molecule has 10 nitrogen and oxygen atoms in total. The highest BCUT2D eigenvalue weighted by atomic mass is 16.6. The lowest BCUT2D eigenvalue weighted by Gasteiger charge is -2.61. The third-order valence-electron chi connectivity index (χ3n) is 9.70. The van der Waals surface area contributed by atoms with Gasteiger partial charge in [0.15, 0.2) is 6.10 Å². The molecule has 5 rings (SSSR count). The highest BCUT2D eigenvalue weighted by molar-refractivity contribution is 5.89. The van der Waals surface area contributed by atoms with Gasteiger partial charge in [0.2, 0.25) is 0 Å². The first-order valence-corrected chi connectivity index (χ1v) is 13.6. The summed E-state index contributed by atoms with van der Waals surface area (Å²) in [7, 11) is 1.42. The Morgan fingerprint density at radius 3 is 2.64 bits per heavy atom. The summed E-state index contributed by atoms with van der Waals surface area (Å²) >= 11 is 0. The van der Waals surface area contributed by atoms with E-state index in [0.29, 0.717) is 11.3 Å². The Morgan fingerprint density at radius 1 is 1.26 bits per heavy atom. The number of methoxy groups -OCH3 is 1. The van der Waals surface area contributed by atoms with Gasteiger partial charge in [-0.2, -0.15) is 0 Å². The van der Waals surface area contributed by atoms with Gasteiger partial charge < -0.3 is 34.6 Å². The molecule has 0 amide bonds. The molecule has 4 N–H and O–H groups in total. The lowest BCUT2D eigenvalue weighted by Crippen LogP contribution is -2.65. The maximum atomic E-state index is 13.1. The fourth-order valence-electron chi connectivity index (χ4n) is 7.72. The van der Waals surface area contributed by atoms with E-state index in [-0.39, 0.29) is 41.7 Å². The summed E-state index contributed by atoms with van der Waals surface area (Å²) in [6, 6.07) is 3.37. The van der Waals surface area contributed by atoms with Crippen molar-refractivity contribution < 1.29 is 39.2 Å². The zero-order chi connectivity index (χ0) is 28.2. The van der Waals surface area contributed by atoms with E-state index in [4.69, 9.17) is 14.2 Å². The number of carbonyl (C=O) groups excluding carboxylic acids is 2. The van der Waals surface area contributed by atoms with Crippen LogP contribution < -0.4 is 0 Å². The highest BCUT2D eigenvalue weighted by Gasteiger charge is 2.71. The number of aliphatic hydroxyl groups is 2. The number of H-pyrrole nitrogens is 1. The SMILES string of the molecule is CO[C@H]1CC2C=C[C@H]3[C@H]4C([C@H]3[C@]2(O)/C(C)=C/[C@@H](C)[C@@H](/C(C)=N\O)OC1=O)[C@H](O)[C@@H](C)[C@H]4OC(=O)c1ccc[nH]1. The average Bonchev–Trinajstić information content (AvgIpc) is 3.50. The van der Waals surface area contributed by atoms with Gasteiger partial charge in [0.05, 0.1) is 17.4 Å². The van der Waals surface area contributed by atoms with Crippen molar-refractivity contribution in [3.63, 3.8) is 0 Å². The van der Waals surface area contributed by atoms with Crippen molar-refractivity contribution in [3.05, 3.63) is 47.8 Å². The molecule has 2 heterocycles. The minimum absolute atomic E-state index is 0.136. The quantitative estimate of drug-likeness (QED) is 0.149. The molecule has 2 saturated carbocycles. The van der Waals surface area contributed by atoms with E-state index in [0.717, 1.165) is 0 Å². The minimum atomic E-state index is -1.39. The van der Waals surface area contributed by atoms with Crippen molar-refractivity contribution in [1.29, 1.82) is 0 Å². The summed E-state index contributed by atoms with van der Waals surface area (Å²) < 4.78 is 17.2. The van der Waals surface area contributed by atoms with Gasteiger partial charge in [0.1, 0.15) is 17.9 Å². The second-order valence-corrected chi connectivity index (χ2v) is 11.6. The molecule has 0 aromatic carbocycles. The van der Waals surface area contributed by atoms with Crippen LogP contribution in [0.4, 0.5) is 0 Å². The van der Waals surface area contributed by atoms with Crippen molar-refractivity contribution in [2.75, 3.05) is 7.11 Å². The maximum absolute atomic E-state index is 13.1. The molecule has 2 unspecified atom stereocenters. The number of carbonyl (C=O) groups is 2. The Morgan fingerprint density at radius 2 is 2.00 bits per heavy atom. The van der Waals surface area contributed by atoms with Gasteiger partial charge in [-0.25, -0.2) is 9.59 Å². The molecule has 4 aliphatic rings. The number of nitrogens with one attached hydrogen (secondary N) is 1. The first-order chi connectivity index (χ1) is 18.5. The van der Waals surface area contributed by atoms with E-state index < -0.39 is 53.8 Å². The minimum Gasteiger partial charge on any atom is -0.457 e. The summed E-state index contributed by atoms with van der Waals surface area (Å²) in [5, 5.41) is 36.7. The van der Waals surface area contributed by atoms with Gasteiger partial charge >= 0.3 is 11.9 Å². The Bertz CT molecular complexity index is 1190. The molecule has 1 aliphatic heterocycles. The summed E-state index contributed by atoms with van der Waals surface area (Å²) in [4.78, 5) is 28.7. The molecule has 10 heteroatoms. The first-order valence-electron chi connectivity index (χ1n) is 13.6. The molecule has 0 spiro atoms. The van der Waals surface area contributed by atoms with Crippen LogP contribution >= 0.6 is 0 Å². The van der Waals surface area contributed by atoms with Crippen molar-refractivity contribution in [3.8, 4) is 0 Å². The zero-order valence-electron chi connectivity index (χ0n) is 22.9. The largest absolute Gasteiger partial charge is 0.457 e. The molecule has 1 aromatic heterocycles. The number of allylic oxidation sites excluding steroid dienone is 1. The summed E-state index contributed by atoms with van der Waals surface area (Å²) in [6.45, 7) is 7.14. The number of aliphatic hydroxyl groups excluding tert-OH is 1. The van der Waals surface area contributed by atoms with Crippen LogP contribution in [0.25, 0.3) is 0 Å². The topological polar surface area (TPSA) is 151 Å². The number of rotatable bonds is 4. The van der Waals surface area contributed by atoms with Crippen molar-refractivity contribution in [2.45, 2.75) is 64.1 Å². The van der Waals surface area contributed by atoms with Crippen LogP contribution in [0.3, 0.4) is 0 Å². The number of ether oxygens (including phenoxy) is 3. The molecule has 0 saturated heterocycles. The summed E-state index contributed by atoms with van der Waals surface area (Å²) in [6.07, 6.45) is 4.57. The van der Waals surface area contributed by atoms with Gasteiger partial charge in [0, 0.05) is 42.9 Å². The number of cyclic esters (lactones) is 1. The fraction of sp³-hybridized carbons (Fsp3) is 0.621. The van der Waals surface area contributed by atoms with Crippen LogP contribution in [0.5, 0.6) is 0 Å². The fourth-order valence-corrected chi connectivity index (χ4v) is 7.72. The summed E-state index contributed by atoms with van der Waals surface area (Å²) in [5.41, 5.74) is -0.122. The Labute approximate surface area is 227 Å². The van der Waals surface area contributed by atoms with Crippen molar-refractivity contribution in [1.82, 2.24) is 4.98 Å². The van der Waals surface area contributed by atoms with E-state index in [2.05, 4.69) is 10.1 Å². The van der Waals surface area contributed by atoms with Crippen molar-refractivity contribution in [2.24, 2.45) is 46.6 Å². The molecule has 0 bridgehead atoms. The van der Waals surface area contributed by atoms with Crippen LogP contribution in [0.2, 0.25) is 0 Å². The van der Waals surface area contributed by atoms with E-state index in [9.17, 15) is 25.0 Å². The number of oxime groups is 1. The molecule has 2 fully saturated rings. The smallest absolute Gasteiger partial charge is 0.355 e. The van der Waals surface area contributed by atoms with E-state index in [1.807, 2.05) is 39.0 Å². The van der Waals surface area contributed by atoms with Gasteiger partial charge in [-0.15, -0.1) is 0 Å². The molecule has 12 atom stereocenters. The predicted octanol–water partition coefficient (Wildman–Crippen LogP) is 2.71. The van der Waals surface area contributed by atoms with Gasteiger partial charge in [-0.3, -0.25) is 0 Å². The first kappa shape index (κ1) is 27.6. The third kappa shape index (κ3) is 4.24. The molecular formula is C29H38N2O8. The van der Waals surface area contributed by atoms with E-state index in [1.165, 1.54) is 7.11 Å². The van der Waals surface area contributed by atoms with Crippen LogP contribution in [0.15, 0.2) is 47.3 Å². The molecular weight excluding hydrogens is 504 g/mol. The molecule has 0 radical (unpaired) electrons. The number of fused-ring (bicyclic) bond motifs is 6. The van der Waals surface area contributed by atoms with Crippen LogP contribution in [0.1, 0.15) is 44.6 Å². The number of hydrogen-bond acceptors (Lipinski definition) is 9. The number of nitrogens with zero attached hydrogens (tertiary/aromatic N) is 1. The third-order valence-corrected chi connectivity index (χ3v) is 9.70. The number of aromatic amines is 1. The van der Waals surface area contributed by atoms with Crippen LogP contribution in [0, 0.1) is 41.4 Å². The second-order valence-electron chi connectivity index (χ2n) is 11.6. The normalized spacial score (nSPS) is 45.1. The van der Waals surface area contributed by atoms with E-state index in [1.54, 1.807) is 25.3 Å². The Kier molecular flexibility index (Phi) is 7.24. The molecule has 39 heavy (non-hydrogen) atoms. The van der Waals surface area contributed by atoms with E-state index >= 15 is 0 Å². The lowest BCUT2D eigenvalue weighted by molar-refractivity contribution is -0.182. The predicted molar refractivity (Wildman–Crippen MR) is 140 cm³/mol. The lowest BCUT2D eigenvalue weighted by atomic mass is 9.46. The van der Waals surface area contributed by atoms with Gasteiger partial charge in [-0.1, -0.05) is 37.2 Å². The zero-order valence-corrected chi connectivity index (χ0v) is 22.9. The van der Waals surface area contributed by atoms with Crippen LogP contribution in [-0.4, -0.2) is 75.2 Å².